The standard InChI is InChI=1S/C5H8N2OS/c1-6-5-7(2)4(8)3-9-5/h3H2,1-2H3/b6-5+. The van der Waals surface area contributed by atoms with E-state index in [0.29, 0.717) is 5.75 Å². The topological polar surface area (TPSA) is 32.7 Å². The largest absolute Gasteiger partial charge is 0.294 e. The van der Waals surface area contributed by atoms with Gasteiger partial charge in [-0.15, -0.1) is 0 Å². The summed E-state index contributed by atoms with van der Waals surface area (Å²) in [5.74, 6) is 0.684. The zero-order chi connectivity index (χ0) is 6.85. The molecule has 1 saturated heterocycles. The van der Waals surface area contributed by atoms with Crippen LogP contribution >= 0.6 is 11.8 Å². The number of carbonyl (C=O) groups is 1. The van der Waals surface area contributed by atoms with Crippen LogP contribution in [0.4, 0.5) is 0 Å². The van der Waals surface area contributed by atoms with E-state index in [2.05, 4.69) is 4.99 Å². The monoisotopic (exact) mass is 144 g/mol. The number of thioether (sulfide) groups is 1. The minimum atomic E-state index is 0.139. The summed E-state index contributed by atoms with van der Waals surface area (Å²) < 4.78 is 0. The molecule has 0 radical (unpaired) electrons. The highest BCUT2D eigenvalue weighted by molar-refractivity contribution is 8.15. The molecule has 0 aromatic carbocycles. The van der Waals surface area contributed by atoms with Crippen LogP contribution in [-0.2, 0) is 4.79 Å². The van der Waals surface area contributed by atoms with Crippen LogP contribution in [0.15, 0.2) is 4.99 Å². The zero-order valence-corrected chi connectivity index (χ0v) is 6.23. The fraction of sp³-hybridized carbons (Fsp3) is 0.600. The fourth-order valence-electron chi connectivity index (χ4n) is 0.641. The summed E-state index contributed by atoms with van der Waals surface area (Å²) in [5.41, 5.74) is 0. The Morgan fingerprint density at radius 2 is 2.44 bits per heavy atom. The lowest BCUT2D eigenvalue weighted by Crippen LogP contribution is -2.24. The van der Waals surface area contributed by atoms with Crippen LogP contribution in [-0.4, -0.2) is 35.8 Å². The molecule has 1 amide bonds. The molecule has 1 aliphatic heterocycles. The summed E-state index contributed by atoms with van der Waals surface area (Å²) in [4.78, 5) is 16.2. The molecule has 1 aliphatic rings. The molecule has 50 valence electrons. The lowest BCUT2D eigenvalue weighted by atomic mass is 10.6. The van der Waals surface area contributed by atoms with E-state index in [1.54, 1.807) is 19.0 Å². The van der Waals surface area contributed by atoms with Gasteiger partial charge in [0.05, 0.1) is 5.75 Å². The molecule has 3 nitrogen and oxygen atoms in total. The van der Waals surface area contributed by atoms with Crippen LogP contribution in [0.5, 0.6) is 0 Å². The average molecular weight is 144 g/mol. The third-order valence-corrected chi connectivity index (χ3v) is 2.28. The lowest BCUT2D eigenvalue weighted by molar-refractivity contribution is -0.123. The minimum Gasteiger partial charge on any atom is -0.294 e. The summed E-state index contributed by atoms with van der Waals surface area (Å²) in [7, 11) is 3.43. The molecule has 0 aliphatic carbocycles. The van der Waals surface area contributed by atoms with Gasteiger partial charge in [0.2, 0.25) is 5.91 Å². The highest BCUT2D eigenvalue weighted by atomic mass is 32.2. The summed E-state index contributed by atoms with van der Waals surface area (Å²) >= 11 is 1.48. The van der Waals surface area contributed by atoms with Crippen molar-refractivity contribution >= 4 is 22.8 Å². The Kier molecular flexibility index (Phi) is 1.75. The molecule has 1 fully saturated rings. The van der Waals surface area contributed by atoms with Crippen molar-refractivity contribution in [2.75, 3.05) is 19.8 Å². The Morgan fingerprint density at radius 1 is 1.78 bits per heavy atom. The molecule has 0 aromatic heterocycles. The maximum atomic E-state index is 10.8. The van der Waals surface area contributed by atoms with Crippen molar-refractivity contribution in [3.8, 4) is 0 Å². The predicted molar refractivity (Wildman–Crippen MR) is 38.6 cm³/mol. The fourth-order valence-corrected chi connectivity index (χ4v) is 1.51. The van der Waals surface area contributed by atoms with E-state index < -0.39 is 0 Å². The van der Waals surface area contributed by atoms with Gasteiger partial charge in [0.25, 0.3) is 0 Å². The molecule has 0 bridgehead atoms. The first kappa shape index (κ1) is 6.61. The number of amides is 1. The van der Waals surface area contributed by atoms with Gasteiger partial charge in [-0.2, -0.15) is 0 Å². The van der Waals surface area contributed by atoms with Crippen LogP contribution in [0.1, 0.15) is 0 Å². The number of nitrogens with zero attached hydrogens (tertiary/aromatic N) is 2. The van der Waals surface area contributed by atoms with E-state index in [0.717, 1.165) is 5.17 Å². The van der Waals surface area contributed by atoms with Crippen molar-refractivity contribution in [2.24, 2.45) is 4.99 Å². The molecule has 0 unspecified atom stereocenters. The second-order valence-electron chi connectivity index (χ2n) is 1.75. The van der Waals surface area contributed by atoms with Gasteiger partial charge in [0, 0.05) is 14.1 Å². The van der Waals surface area contributed by atoms with Crippen LogP contribution < -0.4 is 0 Å². The van der Waals surface area contributed by atoms with Crippen LogP contribution in [0.2, 0.25) is 0 Å². The molecule has 0 N–H and O–H groups in total. The maximum Gasteiger partial charge on any atom is 0.238 e. The van der Waals surface area contributed by atoms with Crippen molar-refractivity contribution in [3.63, 3.8) is 0 Å². The van der Waals surface area contributed by atoms with E-state index in [4.69, 9.17) is 0 Å². The first-order valence-corrected chi connectivity index (χ1v) is 3.60. The Bertz CT molecular complexity index is 166. The summed E-state index contributed by atoms with van der Waals surface area (Å²) in [6.07, 6.45) is 0. The van der Waals surface area contributed by atoms with Crippen molar-refractivity contribution < 1.29 is 4.79 Å². The Morgan fingerprint density at radius 3 is 2.67 bits per heavy atom. The van der Waals surface area contributed by atoms with E-state index in [-0.39, 0.29) is 5.91 Å². The summed E-state index contributed by atoms with van der Waals surface area (Å²) in [6.45, 7) is 0. The molecule has 0 saturated carbocycles. The first-order chi connectivity index (χ1) is 4.25. The second-order valence-corrected chi connectivity index (χ2v) is 2.69. The van der Waals surface area contributed by atoms with E-state index in [1.165, 1.54) is 11.8 Å². The van der Waals surface area contributed by atoms with Gasteiger partial charge in [-0.05, 0) is 0 Å². The average Bonchev–Trinajstić information content (AvgIpc) is 2.15. The molecular formula is C5H8N2OS. The van der Waals surface area contributed by atoms with Gasteiger partial charge >= 0.3 is 0 Å². The number of hydrogen-bond acceptors (Lipinski definition) is 3. The maximum absolute atomic E-state index is 10.8. The number of rotatable bonds is 0. The van der Waals surface area contributed by atoms with Gasteiger partial charge in [0.1, 0.15) is 0 Å². The number of hydrogen-bond donors (Lipinski definition) is 0. The predicted octanol–water partition coefficient (Wildman–Crippen LogP) is 0.177. The van der Waals surface area contributed by atoms with Crippen molar-refractivity contribution in [1.29, 1.82) is 0 Å². The van der Waals surface area contributed by atoms with Gasteiger partial charge < -0.3 is 0 Å². The van der Waals surface area contributed by atoms with Gasteiger partial charge in [-0.1, -0.05) is 11.8 Å². The Labute approximate surface area is 58.1 Å². The lowest BCUT2D eigenvalue weighted by Gasteiger charge is -2.05. The van der Waals surface area contributed by atoms with E-state index in [9.17, 15) is 4.79 Å². The molecule has 9 heavy (non-hydrogen) atoms. The number of carbonyl (C=O) groups excluding carboxylic acids is 1. The third kappa shape index (κ3) is 1.08. The highest BCUT2D eigenvalue weighted by Crippen LogP contribution is 2.16. The number of aliphatic imine (C=N–C) groups is 1. The van der Waals surface area contributed by atoms with Crippen molar-refractivity contribution in [1.82, 2.24) is 4.90 Å². The van der Waals surface area contributed by atoms with Crippen molar-refractivity contribution in [3.05, 3.63) is 0 Å². The molecule has 1 heterocycles. The number of amidine groups is 1. The Balaban J connectivity index is 2.73. The molecule has 0 aromatic rings. The minimum absolute atomic E-state index is 0.139. The van der Waals surface area contributed by atoms with E-state index >= 15 is 0 Å². The molecular weight excluding hydrogens is 136 g/mol. The molecule has 0 atom stereocenters. The SMILES string of the molecule is C/N=C1/SCC(=O)N1C. The quantitative estimate of drug-likeness (QED) is 0.485. The van der Waals surface area contributed by atoms with Crippen LogP contribution in [0, 0.1) is 0 Å². The molecule has 0 spiro atoms. The molecule has 4 heteroatoms. The third-order valence-electron chi connectivity index (χ3n) is 1.18. The normalized spacial score (nSPS) is 24.0. The first-order valence-electron chi connectivity index (χ1n) is 2.62. The second kappa shape index (κ2) is 2.39. The van der Waals surface area contributed by atoms with E-state index in [1.807, 2.05) is 0 Å². The molecule has 1 rings (SSSR count). The zero-order valence-electron chi connectivity index (χ0n) is 5.42. The smallest absolute Gasteiger partial charge is 0.238 e. The highest BCUT2D eigenvalue weighted by Gasteiger charge is 2.22. The Hall–Kier alpha value is -0.510. The summed E-state index contributed by atoms with van der Waals surface area (Å²) in [5, 5.41) is 0.819. The van der Waals surface area contributed by atoms with Gasteiger partial charge in [-0.3, -0.25) is 14.7 Å². The van der Waals surface area contributed by atoms with Crippen LogP contribution in [0.25, 0.3) is 0 Å². The van der Waals surface area contributed by atoms with Gasteiger partial charge in [0.15, 0.2) is 5.17 Å². The van der Waals surface area contributed by atoms with Gasteiger partial charge in [-0.25, -0.2) is 0 Å². The van der Waals surface area contributed by atoms with Crippen molar-refractivity contribution in [2.45, 2.75) is 0 Å². The summed E-state index contributed by atoms with van der Waals surface area (Å²) in [6, 6.07) is 0. The van der Waals surface area contributed by atoms with Crippen LogP contribution in [0.3, 0.4) is 0 Å².